The summed E-state index contributed by atoms with van der Waals surface area (Å²) in [5.74, 6) is 0.166. The molecule has 10 rings (SSSR count). The van der Waals surface area contributed by atoms with Gasteiger partial charge in [-0.25, -0.2) is 27.8 Å². The van der Waals surface area contributed by atoms with E-state index in [1.165, 1.54) is 28.9 Å². The molecule has 0 aliphatic carbocycles. The topological polar surface area (TPSA) is 126 Å². The number of piperazine rings is 1. The van der Waals surface area contributed by atoms with E-state index in [1.807, 2.05) is 34.6 Å². The molecule has 1 N–H and O–H groups in total. The Labute approximate surface area is 325 Å². The van der Waals surface area contributed by atoms with Crippen molar-refractivity contribution in [3.8, 4) is 16.9 Å². The molecule has 5 atom stereocenters. The second-order valence-electron chi connectivity index (χ2n) is 15.7. The number of halogens is 3. The molecule has 0 saturated carbocycles. The molecule has 3 saturated heterocycles. The Morgan fingerprint density at radius 1 is 0.877 bits per heavy atom. The quantitative estimate of drug-likeness (QED) is 0.274. The van der Waals surface area contributed by atoms with Crippen molar-refractivity contribution in [1.29, 1.82) is 0 Å². The number of likely N-dealkylation sites (tertiary alicyclic amines) is 1. The summed E-state index contributed by atoms with van der Waals surface area (Å²) < 4.78 is 53.9. The first-order chi connectivity index (χ1) is 27.5. The fraction of sp³-hybridized carbons (Fsp3) is 0.400. The number of piperidine rings is 1. The first-order valence-corrected chi connectivity index (χ1v) is 19.2. The first-order valence-electron chi connectivity index (χ1n) is 19.2. The number of hydrogen-bond acceptors (Lipinski definition) is 11. The van der Waals surface area contributed by atoms with Gasteiger partial charge in [0.2, 0.25) is 11.9 Å². The van der Waals surface area contributed by atoms with Gasteiger partial charge in [-0.2, -0.15) is 15.1 Å². The highest BCUT2D eigenvalue weighted by Gasteiger charge is 2.46. The largest absolute Gasteiger partial charge is 0.378 e. The van der Waals surface area contributed by atoms with Crippen LogP contribution in [0.1, 0.15) is 18.7 Å². The molecule has 4 aliphatic heterocycles. The normalized spacial score (nSPS) is 23.8. The average molecular weight is 779 g/mol. The maximum Gasteiger partial charge on any atom is 0.245 e. The number of pyridine rings is 1. The second kappa shape index (κ2) is 13.4. The van der Waals surface area contributed by atoms with Gasteiger partial charge in [0.15, 0.2) is 11.5 Å². The Morgan fingerprint density at radius 3 is 2.49 bits per heavy atom. The number of aryl methyl sites for hydroxylation is 1. The minimum Gasteiger partial charge on any atom is -0.378 e. The summed E-state index contributed by atoms with van der Waals surface area (Å²) in [5.41, 5.74) is 2.81. The average Bonchev–Trinajstić information content (AvgIpc) is 3.88. The van der Waals surface area contributed by atoms with Crippen molar-refractivity contribution in [3.05, 3.63) is 78.0 Å². The molecule has 4 aromatic heterocycles. The second-order valence-corrected chi connectivity index (χ2v) is 15.7. The number of nitrogens with one attached hydrogen (secondary N) is 1. The van der Waals surface area contributed by atoms with Crippen molar-refractivity contribution in [2.45, 2.75) is 56.6 Å². The van der Waals surface area contributed by atoms with E-state index < -0.39 is 29.6 Å². The highest BCUT2D eigenvalue weighted by Crippen LogP contribution is 2.40. The van der Waals surface area contributed by atoms with Crippen molar-refractivity contribution >= 4 is 45.6 Å². The van der Waals surface area contributed by atoms with Crippen molar-refractivity contribution in [3.63, 3.8) is 0 Å². The molecule has 6 bridgehead atoms. The van der Waals surface area contributed by atoms with E-state index in [-0.39, 0.29) is 36.3 Å². The van der Waals surface area contributed by atoms with Gasteiger partial charge in [-0.05, 0) is 57.1 Å². The molecule has 6 aromatic rings. The van der Waals surface area contributed by atoms with Crippen molar-refractivity contribution in [2.75, 3.05) is 62.5 Å². The zero-order valence-corrected chi connectivity index (χ0v) is 31.9. The Balaban J connectivity index is 1.10. The Bertz CT molecular complexity index is 2570. The van der Waals surface area contributed by atoms with Gasteiger partial charge in [-0.1, -0.05) is 6.07 Å². The first kappa shape index (κ1) is 35.6. The number of methoxy groups -OCH3 is 1. The fourth-order valence-electron chi connectivity index (χ4n) is 9.30. The number of ether oxygens (including phenoxy) is 1. The van der Waals surface area contributed by atoms with E-state index >= 15 is 8.78 Å². The molecular weight excluding hydrogens is 738 g/mol. The molecule has 1 amide bonds. The number of fused-ring (bicyclic) bond motifs is 8. The van der Waals surface area contributed by atoms with Crippen LogP contribution in [0.4, 0.5) is 30.8 Å². The highest BCUT2D eigenvalue weighted by atomic mass is 19.1. The number of aromatic nitrogens is 7. The van der Waals surface area contributed by atoms with E-state index in [2.05, 4.69) is 27.3 Å². The van der Waals surface area contributed by atoms with Gasteiger partial charge in [0.1, 0.15) is 40.8 Å². The minimum atomic E-state index is -0.781. The van der Waals surface area contributed by atoms with Crippen LogP contribution in [0.3, 0.4) is 0 Å². The summed E-state index contributed by atoms with van der Waals surface area (Å²) >= 11 is 0. The number of anilines is 3. The Hall–Kier alpha value is -5.81. The molecule has 14 nitrogen and oxygen atoms in total. The van der Waals surface area contributed by atoms with Gasteiger partial charge in [0.25, 0.3) is 0 Å². The zero-order chi connectivity index (χ0) is 39.3. The standard InChI is InChI=1S/C40H41F3N12O2/c1-21-45-32-12-23(42)10-28-31-6-5-7-35(47-31)46-24-13-34(39(56)51(3)19-27(57-4)20-52(21)36(28)32)53(16-24)37-29-15-44-55(33-9-8-22(41)11-30(33)43)38(29)49-40(48-37)54-25-14-26(54)18-50(2)17-25/h5-12,15,24-27,34H,13-14,16-20H2,1-4H3,(H,46,47)/t24-,25?,26?,27-,34-/m0/s1. The van der Waals surface area contributed by atoms with Crippen LogP contribution in [0, 0.1) is 24.4 Å². The molecule has 0 radical (unpaired) electrons. The summed E-state index contributed by atoms with van der Waals surface area (Å²) in [6.45, 7) is 4.53. The van der Waals surface area contributed by atoms with Crippen LogP contribution in [0.15, 0.2) is 54.7 Å². The summed E-state index contributed by atoms with van der Waals surface area (Å²) in [6.07, 6.45) is 2.55. The van der Waals surface area contributed by atoms with Crippen LogP contribution < -0.4 is 15.1 Å². The maximum absolute atomic E-state index is 15.3. The number of carbonyl (C=O) groups excluding carboxylic acids is 1. The molecule has 2 aromatic carbocycles. The molecule has 4 aliphatic rings. The number of amides is 1. The summed E-state index contributed by atoms with van der Waals surface area (Å²) in [7, 11) is 5.48. The van der Waals surface area contributed by atoms with Crippen molar-refractivity contribution in [1.82, 2.24) is 44.1 Å². The molecule has 294 valence electrons. The van der Waals surface area contributed by atoms with Crippen LogP contribution in [0.5, 0.6) is 0 Å². The van der Waals surface area contributed by atoms with E-state index in [1.54, 1.807) is 25.3 Å². The third kappa shape index (κ3) is 5.93. The third-order valence-corrected chi connectivity index (χ3v) is 11.9. The van der Waals surface area contributed by atoms with E-state index in [9.17, 15) is 9.18 Å². The summed E-state index contributed by atoms with van der Waals surface area (Å²) in [4.78, 5) is 42.8. The van der Waals surface area contributed by atoms with E-state index in [0.29, 0.717) is 70.7 Å². The van der Waals surface area contributed by atoms with Gasteiger partial charge < -0.3 is 34.2 Å². The van der Waals surface area contributed by atoms with Gasteiger partial charge in [0.05, 0.1) is 41.0 Å². The number of nitrogens with zero attached hydrogens (tertiary/aromatic N) is 11. The predicted molar refractivity (Wildman–Crippen MR) is 208 cm³/mol. The van der Waals surface area contributed by atoms with Crippen LogP contribution in [-0.4, -0.2) is 128 Å². The van der Waals surface area contributed by atoms with Gasteiger partial charge in [0, 0.05) is 76.2 Å². The van der Waals surface area contributed by atoms with Crippen LogP contribution in [0.25, 0.3) is 39.0 Å². The van der Waals surface area contributed by atoms with Crippen LogP contribution in [-0.2, 0) is 16.1 Å². The van der Waals surface area contributed by atoms with Crippen LogP contribution in [0.2, 0.25) is 0 Å². The summed E-state index contributed by atoms with van der Waals surface area (Å²) in [5, 5.41) is 8.66. The molecule has 2 unspecified atom stereocenters. The fourth-order valence-corrected chi connectivity index (χ4v) is 9.30. The smallest absolute Gasteiger partial charge is 0.245 e. The number of likely N-dealkylation sites (N-methyl/N-ethyl adjacent to an activating group) is 2. The monoisotopic (exact) mass is 778 g/mol. The van der Waals surface area contributed by atoms with Crippen molar-refractivity contribution < 1.29 is 22.7 Å². The lowest BCUT2D eigenvalue weighted by molar-refractivity contribution is -0.132. The number of rotatable bonds is 4. The molecule has 8 heterocycles. The Kier molecular flexibility index (Phi) is 8.37. The zero-order valence-electron chi connectivity index (χ0n) is 31.9. The molecule has 57 heavy (non-hydrogen) atoms. The Morgan fingerprint density at radius 2 is 1.70 bits per heavy atom. The van der Waals surface area contributed by atoms with Gasteiger partial charge in [-0.3, -0.25) is 4.79 Å². The predicted octanol–water partition coefficient (Wildman–Crippen LogP) is 4.39. The number of carbonyl (C=O) groups is 1. The van der Waals surface area contributed by atoms with Gasteiger partial charge in [-0.15, -0.1) is 0 Å². The van der Waals surface area contributed by atoms with E-state index in [0.717, 1.165) is 31.1 Å². The maximum atomic E-state index is 15.3. The van der Waals surface area contributed by atoms with Gasteiger partial charge >= 0.3 is 0 Å². The lowest BCUT2D eigenvalue weighted by Gasteiger charge is -2.55. The summed E-state index contributed by atoms with van der Waals surface area (Å²) in [6, 6.07) is 11.3. The van der Waals surface area contributed by atoms with Crippen molar-refractivity contribution in [2.24, 2.45) is 0 Å². The van der Waals surface area contributed by atoms with Crippen LogP contribution >= 0.6 is 0 Å². The SMILES string of the molecule is CO[C@H]1CN(C)C(=O)[C@@H]2C[C@@H](CN2c2nc(N3C4CC3CN(C)C4)nc3c2cnn3-c2ccc(F)cc2F)Nc2cccc(n2)-c2cc(F)cc3nc(C)n(c23)C1. The number of hydrogen-bond donors (Lipinski definition) is 1. The lowest BCUT2D eigenvalue weighted by Crippen LogP contribution is -2.68. The number of benzene rings is 2. The lowest BCUT2D eigenvalue weighted by atomic mass is 9.88. The molecule has 0 spiro atoms. The number of imidazole rings is 1. The third-order valence-electron chi connectivity index (χ3n) is 11.9. The molecular formula is C40H41F3N12O2. The highest BCUT2D eigenvalue weighted by molar-refractivity contribution is 5.94. The molecule has 17 heteroatoms. The molecule has 3 fully saturated rings. The minimum absolute atomic E-state index is 0.0451. The van der Waals surface area contributed by atoms with E-state index in [4.69, 9.17) is 24.7 Å².